The second-order valence-corrected chi connectivity index (χ2v) is 19.9. The first kappa shape index (κ1) is 43.7. The fourth-order valence-electron chi connectivity index (χ4n) is 7.66. The maximum absolute atomic E-state index is 3.77. The average molecular weight is 851 g/mol. The van der Waals surface area contributed by atoms with Crippen LogP contribution in [0.5, 0.6) is 0 Å². The van der Waals surface area contributed by atoms with Gasteiger partial charge in [0, 0.05) is 84.1 Å². The fraction of sp³-hybridized carbons (Fsp3) is 0.467. The van der Waals surface area contributed by atoms with Crippen LogP contribution < -0.4 is 30.0 Å². The van der Waals surface area contributed by atoms with E-state index in [4.69, 9.17) is 0 Å². The van der Waals surface area contributed by atoms with E-state index in [1.807, 2.05) is 0 Å². The predicted molar refractivity (Wildman–Crippen MR) is 245 cm³/mol. The van der Waals surface area contributed by atoms with Gasteiger partial charge < -0.3 is 19.6 Å². The molecule has 0 aliphatic carbocycles. The van der Waals surface area contributed by atoms with Crippen LogP contribution in [-0.4, -0.2) is 60.4 Å². The van der Waals surface area contributed by atoms with Gasteiger partial charge in [-0.15, -0.1) is 0 Å². The highest BCUT2D eigenvalue weighted by atomic mass is 79.9. The molecule has 0 radical (unpaired) electrons. The highest BCUT2D eigenvalue weighted by Crippen LogP contribution is 2.31. The summed E-state index contributed by atoms with van der Waals surface area (Å²) in [4.78, 5) is 9.66. The molecular weight excluding hydrogens is 784 g/mol. The summed E-state index contributed by atoms with van der Waals surface area (Å²) in [6.07, 6.45) is 2.00. The molecule has 4 aromatic carbocycles. The summed E-state index contributed by atoms with van der Waals surface area (Å²) in [6, 6.07) is 27.8. The molecule has 284 valence electrons. The van der Waals surface area contributed by atoms with Crippen LogP contribution in [0.3, 0.4) is 0 Å². The Morgan fingerprint density at radius 2 is 0.750 bits per heavy atom. The second kappa shape index (κ2) is 20.1. The molecule has 1 aliphatic rings. The average Bonchev–Trinajstić information content (AvgIpc) is 3.13. The van der Waals surface area contributed by atoms with Gasteiger partial charge in [-0.25, -0.2) is 0 Å². The number of hydrogen-bond acceptors (Lipinski definition) is 4. The van der Waals surface area contributed by atoms with Crippen LogP contribution in [0.25, 0.3) is 0 Å². The first-order valence-electron chi connectivity index (χ1n) is 19.3. The van der Waals surface area contributed by atoms with Gasteiger partial charge in [-0.3, -0.25) is 0 Å². The summed E-state index contributed by atoms with van der Waals surface area (Å²) < 4.78 is 2.35. The molecule has 0 N–H and O–H groups in total. The van der Waals surface area contributed by atoms with E-state index in [0.29, 0.717) is 0 Å². The molecule has 4 aromatic rings. The van der Waals surface area contributed by atoms with E-state index in [1.54, 1.807) is 21.5 Å². The Kier molecular flexibility index (Phi) is 16.9. The monoisotopic (exact) mass is 848 g/mol. The molecule has 4 nitrogen and oxygen atoms in total. The normalized spacial score (nSPS) is 12.5. The maximum atomic E-state index is 3.77. The van der Waals surface area contributed by atoms with Gasteiger partial charge in [0.15, 0.2) is 0 Å². The number of nitrogens with zero attached hydrogens (tertiary/aromatic N) is 4. The van der Waals surface area contributed by atoms with Gasteiger partial charge in [0.2, 0.25) is 0 Å². The maximum Gasteiger partial charge on any atom is 0.113 e. The Labute approximate surface area is 335 Å². The van der Waals surface area contributed by atoms with E-state index < -0.39 is 8.07 Å². The molecule has 0 bridgehead atoms. The predicted octanol–water partition coefficient (Wildman–Crippen LogP) is 11.2. The van der Waals surface area contributed by atoms with Crippen molar-refractivity contribution in [1.29, 1.82) is 0 Å². The van der Waals surface area contributed by atoms with Crippen molar-refractivity contribution in [2.45, 2.75) is 88.8 Å². The zero-order valence-corrected chi connectivity index (χ0v) is 37.2. The van der Waals surface area contributed by atoms with Crippen LogP contribution in [0.1, 0.15) is 85.1 Å². The Bertz CT molecular complexity index is 1600. The summed E-state index contributed by atoms with van der Waals surface area (Å²) >= 11 is 7.53. The van der Waals surface area contributed by atoms with E-state index in [1.165, 1.54) is 42.8 Å². The lowest BCUT2D eigenvalue weighted by Gasteiger charge is -2.36. The van der Waals surface area contributed by atoms with Crippen molar-refractivity contribution in [2.75, 3.05) is 72.0 Å². The van der Waals surface area contributed by atoms with Gasteiger partial charge in [0.1, 0.15) is 8.07 Å². The number of anilines is 4. The fourth-order valence-corrected chi connectivity index (χ4v) is 11.9. The summed E-state index contributed by atoms with van der Waals surface area (Å²) in [5.41, 5.74) is 11.0. The van der Waals surface area contributed by atoms with Gasteiger partial charge >= 0.3 is 0 Å². The molecule has 0 saturated carbocycles. The Morgan fingerprint density at radius 1 is 0.462 bits per heavy atom. The first-order chi connectivity index (χ1) is 24.5. The third-order valence-corrected chi connectivity index (χ3v) is 16.0. The van der Waals surface area contributed by atoms with Crippen molar-refractivity contribution in [3.05, 3.63) is 104 Å². The largest absolute Gasteiger partial charge is 0.372 e. The Balaban J connectivity index is 0.000000275. The molecule has 0 amide bonds. The van der Waals surface area contributed by atoms with Crippen molar-refractivity contribution in [3.8, 4) is 0 Å². The zero-order valence-electron chi connectivity index (χ0n) is 33.0. The minimum atomic E-state index is -1.69. The Morgan fingerprint density at radius 3 is 1.04 bits per heavy atom. The highest BCUT2D eigenvalue weighted by molar-refractivity contribution is 9.10. The molecule has 1 aliphatic heterocycles. The molecule has 0 unspecified atom stereocenters. The van der Waals surface area contributed by atoms with E-state index in [0.717, 1.165) is 65.2 Å². The molecule has 1 heterocycles. The SMILES string of the molecule is C.CCN(CC)c1ccc(Cc2ccc(N(CC)CC)cc2Br)c(Br)c1.CCN(CC)c1ccc2c(c1)[Si](C)(C)c1cc(N(CC)CC)ccc1C2. The van der Waals surface area contributed by atoms with Crippen LogP contribution in [0.2, 0.25) is 13.1 Å². The molecular formula is C45H66Br2N4Si. The number of benzene rings is 4. The first-order valence-corrected chi connectivity index (χ1v) is 23.9. The quantitative estimate of drug-likeness (QED) is 0.117. The molecule has 0 fully saturated rings. The lowest BCUT2D eigenvalue weighted by molar-refractivity contribution is 0.864. The second-order valence-electron chi connectivity index (χ2n) is 13.9. The molecule has 0 spiro atoms. The third-order valence-electron chi connectivity index (χ3n) is 10.9. The lowest BCUT2D eigenvalue weighted by atomic mass is 10.0. The van der Waals surface area contributed by atoms with Gasteiger partial charge in [0.05, 0.1) is 0 Å². The number of hydrogen-bond donors (Lipinski definition) is 0. The minimum Gasteiger partial charge on any atom is -0.372 e. The van der Waals surface area contributed by atoms with Crippen molar-refractivity contribution >= 4 is 73.1 Å². The van der Waals surface area contributed by atoms with Crippen LogP contribution >= 0.6 is 31.9 Å². The van der Waals surface area contributed by atoms with Crippen LogP contribution in [0.4, 0.5) is 22.7 Å². The summed E-state index contributed by atoms with van der Waals surface area (Å²) in [5.74, 6) is 0. The smallest absolute Gasteiger partial charge is 0.113 e. The Hall–Kier alpha value is -2.74. The van der Waals surface area contributed by atoms with E-state index in [2.05, 4.69) is 193 Å². The van der Waals surface area contributed by atoms with Crippen LogP contribution in [0, 0.1) is 0 Å². The van der Waals surface area contributed by atoms with Crippen molar-refractivity contribution in [1.82, 2.24) is 0 Å². The molecule has 7 heteroatoms. The van der Waals surface area contributed by atoms with Gasteiger partial charge in [-0.05, 0) is 149 Å². The lowest BCUT2D eigenvalue weighted by Crippen LogP contribution is -2.58. The van der Waals surface area contributed by atoms with E-state index in [-0.39, 0.29) is 7.43 Å². The van der Waals surface area contributed by atoms with Crippen molar-refractivity contribution in [2.24, 2.45) is 0 Å². The highest BCUT2D eigenvalue weighted by Gasteiger charge is 2.35. The molecule has 5 rings (SSSR count). The third kappa shape index (κ3) is 9.86. The van der Waals surface area contributed by atoms with Gasteiger partial charge in [-0.1, -0.05) is 76.6 Å². The molecule has 0 atom stereocenters. The number of fused-ring (bicyclic) bond motifs is 2. The minimum absolute atomic E-state index is 0. The number of rotatable bonds is 14. The van der Waals surface area contributed by atoms with Crippen LogP contribution in [0.15, 0.2) is 81.7 Å². The van der Waals surface area contributed by atoms with E-state index >= 15 is 0 Å². The van der Waals surface area contributed by atoms with Gasteiger partial charge in [0.25, 0.3) is 0 Å². The van der Waals surface area contributed by atoms with Crippen molar-refractivity contribution < 1.29 is 0 Å². The van der Waals surface area contributed by atoms with E-state index in [9.17, 15) is 0 Å². The summed E-state index contributed by atoms with van der Waals surface area (Å²) in [6.45, 7) is 31.2. The zero-order chi connectivity index (χ0) is 37.3. The molecule has 52 heavy (non-hydrogen) atoms. The van der Waals surface area contributed by atoms with Gasteiger partial charge in [-0.2, -0.15) is 0 Å². The summed E-state index contributed by atoms with van der Waals surface area (Å²) in [7, 11) is -1.69. The number of halogens is 2. The molecule has 0 saturated heterocycles. The van der Waals surface area contributed by atoms with Crippen LogP contribution in [-0.2, 0) is 12.8 Å². The topological polar surface area (TPSA) is 13.0 Å². The molecule has 0 aromatic heterocycles. The standard InChI is InChI=1S/C23H34N2Si.C21H28Br2N2.CH4/c1-7-24(8-2)20-13-11-18-15-19-12-14-21(25(9-3)10-4)17-23(19)26(5,6)22(18)16-20;1-5-24(6-2)18-11-9-16(20(22)14-18)13-17-10-12-19(15-21(17)23)25(7-3)8-4;/h11-14,16-17H,7-10,15H2,1-6H3;9-12,14-15H,5-8,13H2,1-4H3;1H4. The van der Waals surface area contributed by atoms with Crippen molar-refractivity contribution in [3.63, 3.8) is 0 Å². The summed E-state index contributed by atoms with van der Waals surface area (Å²) in [5, 5.41) is 3.26.